The van der Waals surface area contributed by atoms with Crippen molar-refractivity contribution in [1.29, 1.82) is 0 Å². The fourth-order valence-corrected chi connectivity index (χ4v) is 1.99. The third-order valence-corrected chi connectivity index (χ3v) is 2.85. The molecule has 0 radical (unpaired) electrons. The van der Waals surface area contributed by atoms with Crippen molar-refractivity contribution in [3.63, 3.8) is 0 Å². The molecule has 0 saturated carbocycles. The molecule has 1 atom stereocenters. The first-order valence-electron chi connectivity index (χ1n) is 5.51. The van der Waals surface area contributed by atoms with Crippen molar-refractivity contribution in [2.45, 2.75) is 6.23 Å². The van der Waals surface area contributed by atoms with Crippen LogP contribution in [-0.2, 0) is 0 Å². The molecule has 17 heavy (non-hydrogen) atoms. The van der Waals surface area contributed by atoms with Crippen LogP contribution in [0.1, 0.15) is 11.8 Å². The molecule has 84 valence electrons. The first-order valence-corrected chi connectivity index (χ1v) is 5.51. The summed E-state index contributed by atoms with van der Waals surface area (Å²) in [6.45, 7) is 0. The fourth-order valence-electron chi connectivity index (χ4n) is 1.99. The van der Waals surface area contributed by atoms with Crippen molar-refractivity contribution in [2.75, 3.05) is 0 Å². The van der Waals surface area contributed by atoms with Gasteiger partial charge in [-0.05, 0) is 18.2 Å². The zero-order chi connectivity index (χ0) is 11.7. The lowest BCUT2D eigenvalue weighted by atomic mass is 10.2. The smallest absolute Gasteiger partial charge is 0.157 e. The highest BCUT2D eigenvalue weighted by Gasteiger charge is 2.11. The molecule has 1 unspecified atom stereocenters. The fraction of sp³-hybridized carbons (Fsp3) is 0.0714. The summed E-state index contributed by atoms with van der Waals surface area (Å²) in [6, 6.07) is 15.3. The van der Waals surface area contributed by atoms with Gasteiger partial charge in [0.2, 0.25) is 0 Å². The molecule has 3 heteroatoms. The molecule has 0 spiro atoms. The normalized spacial score (nSPS) is 12.8. The second kappa shape index (κ2) is 4.03. The minimum absolute atomic E-state index is 0.669. The summed E-state index contributed by atoms with van der Waals surface area (Å²) in [7, 11) is 0. The summed E-state index contributed by atoms with van der Waals surface area (Å²) in [5, 5.41) is 10.3. The molecule has 0 aliphatic heterocycles. The van der Waals surface area contributed by atoms with Crippen LogP contribution in [0.3, 0.4) is 0 Å². The average molecular weight is 224 g/mol. The van der Waals surface area contributed by atoms with Gasteiger partial charge in [0, 0.05) is 18.0 Å². The highest BCUT2D eigenvalue weighted by atomic mass is 16.3. The summed E-state index contributed by atoms with van der Waals surface area (Å²) < 4.78 is 1.82. The number of fused-ring (bicyclic) bond motifs is 1. The van der Waals surface area contributed by atoms with Crippen molar-refractivity contribution >= 4 is 11.0 Å². The van der Waals surface area contributed by atoms with Gasteiger partial charge in [0.25, 0.3) is 0 Å². The molecule has 0 saturated heterocycles. The van der Waals surface area contributed by atoms with Gasteiger partial charge in [-0.1, -0.05) is 30.3 Å². The van der Waals surface area contributed by atoms with E-state index in [1.807, 2.05) is 59.3 Å². The predicted octanol–water partition coefficient (Wildman–Crippen LogP) is 2.58. The monoisotopic (exact) mass is 224 g/mol. The second-order valence-electron chi connectivity index (χ2n) is 3.92. The Kier molecular flexibility index (Phi) is 2.38. The molecule has 0 amide bonds. The maximum atomic E-state index is 10.3. The van der Waals surface area contributed by atoms with E-state index >= 15 is 0 Å². The molecule has 3 aromatic rings. The second-order valence-corrected chi connectivity index (χ2v) is 3.92. The number of pyridine rings is 1. The van der Waals surface area contributed by atoms with Crippen LogP contribution in [0.25, 0.3) is 11.0 Å². The van der Waals surface area contributed by atoms with Gasteiger partial charge in [-0.2, -0.15) is 0 Å². The number of benzene rings is 1. The Labute approximate surface area is 99.0 Å². The van der Waals surface area contributed by atoms with Crippen LogP contribution < -0.4 is 0 Å². The number of aliphatic hydroxyl groups is 1. The summed E-state index contributed by atoms with van der Waals surface area (Å²) in [4.78, 5) is 4.25. The molecule has 0 fully saturated rings. The summed E-state index contributed by atoms with van der Waals surface area (Å²) in [6.07, 6.45) is 2.94. The van der Waals surface area contributed by atoms with Gasteiger partial charge < -0.3 is 9.67 Å². The van der Waals surface area contributed by atoms with E-state index < -0.39 is 6.23 Å². The summed E-state index contributed by atoms with van der Waals surface area (Å²) in [5.74, 6) is 0. The van der Waals surface area contributed by atoms with E-state index in [0.717, 1.165) is 16.6 Å². The minimum atomic E-state index is -0.669. The maximum Gasteiger partial charge on any atom is 0.157 e. The molecule has 0 aliphatic carbocycles. The molecule has 1 N–H and O–H groups in total. The average Bonchev–Trinajstić information content (AvgIpc) is 2.83. The van der Waals surface area contributed by atoms with Crippen molar-refractivity contribution in [3.05, 3.63) is 66.5 Å². The van der Waals surface area contributed by atoms with E-state index in [1.165, 1.54) is 0 Å². The molecule has 3 rings (SSSR count). The van der Waals surface area contributed by atoms with Crippen molar-refractivity contribution in [2.24, 2.45) is 0 Å². The number of aromatic nitrogens is 2. The largest absolute Gasteiger partial charge is 0.369 e. The van der Waals surface area contributed by atoms with Gasteiger partial charge in [-0.3, -0.25) is 4.98 Å². The Morgan fingerprint density at radius 1 is 1.00 bits per heavy atom. The van der Waals surface area contributed by atoms with Gasteiger partial charge in [-0.25, -0.2) is 0 Å². The Morgan fingerprint density at radius 3 is 2.65 bits per heavy atom. The van der Waals surface area contributed by atoms with Crippen LogP contribution in [0.2, 0.25) is 0 Å². The number of nitrogens with zero attached hydrogens (tertiary/aromatic N) is 2. The Hall–Kier alpha value is -2.13. The predicted molar refractivity (Wildman–Crippen MR) is 66.5 cm³/mol. The Morgan fingerprint density at radius 2 is 1.82 bits per heavy atom. The third-order valence-electron chi connectivity index (χ3n) is 2.85. The number of hydrogen-bond donors (Lipinski definition) is 1. The molecular weight excluding hydrogens is 212 g/mol. The zero-order valence-corrected chi connectivity index (χ0v) is 9.19. The van der Waals surface area contributed by atoms with Crippen LogP contribution >= 0.6 is 0 Å². The molecule has 0 bridgehead atoms. The lowest BCUT2D eigenvalue weighted by Gasteiger charge is -2.14. The molecule has 2 aromatic heterocycles. The van der Waals surface area contributed by atoms with Crippen molar-refractivity contribution < 1.29 is 5.11 Å². The third kappa shape index (κ3) is 1.70. The molecular formula is C14H12N2O. The highest BCUT2D eigenvalue weighted by Crippen LogP contribution is 2.21. The summed E-state index contributed by atoms with van der Waals surface area (Å²) in [5.41, 5.74) is 2.69. The van der Waals surface area contributed by atoms with Crippen LogP contribution in [0.15, 0.2) is 60.9 Å². The van der Waals surface area contributed by atoms with Gasteiger partial charge >= 0.3 is 0 Å². The van der Waals surface area contributed by atoms with E-state index in [2.05, 4.69) is 4.98 Å². The van der Waals surface area contributed by atoms with Crippen LogP contribution in [0.4, 0.5) is 0 Å². The number of aliphatic hydroxyl groups excluding tert-OH is 1. The van der Waals surface area contributed by atoms with Crippen LogP contribution in [0.5, 0.6) is 0 Å². The summed E-state index contributed by atoms with van der Waals surface area (Å²) >= 11 is 0. The van der Waals surface area contributed by atoms with E-state index in [9.17, 15) is 5.11 Å². The quantitative estimate of drug-likeness (QED) is 0.726. The first-order chi connectivity index (χ1) is 8.36. The number of hydrogen-bond acceptors (Lipinski definition) is 2. The zero-order valence-electron chi connectivity index (χ0n) is 9.19. The van der Waals surface area contributed by atoms with E-state index in [4.69, 9.17) is 0 Å². The van der Waals surface area contributed by atoms with Gasteiger partial charge in [0.15, 0.2) is 6.23 Å². The maximum absolute atomic E-state index is 10.3. The lowest BCUT2D eigenvalue weighted by Crippen LogP contribution is -2.08. The lowest BCUT2D eigenvalue weighted by molar-refractivity contribution is 0.151. The van der Waals surface area contributed by atoms with Crippen LogP contribution in [0, 0.1) is 0 Å². The molecule has 2 heterocycles. The molecule has 3 nitrogen and oxygen atoms in total. The van der Waals surface area contributed by atoms with Crippen molar-refractivity contribution in [3.8, 4) is 0 Å². The number of rotatable bonds is 2. The first kappa shape index (κ1) is 10.1. The standard InChI is InChI=1S/C14H12N2O/c17-14(11-5-2-1-3-6-11)16-10-8-12-13(16)7-4-9-15-12/h1-10,14,17H. The minimum Gasteiger partial charge on any atom is -0.369 e. The van der Waals surface area contributed by atoms with Gasteiger partial charge in [-0.15, -0.1) is 0 Å². The Balaban J connectivity index is 2.10. The van der Waals surface area contributed by atoms with E-state index in [0.29, 0.717) is 0 Å². The molecule has 1 aromatic carbocycles. The van der Waals surface area contributed by atoms with E-state index in [-0.39, 0.29) is 0 Å². The Bertz CT molecular complexity index is 631. The van der Waals surface area contributed by atoms with Crippen molar-refractivity contribution in [1.82, 2.24) is 9.55 Å². The van der Waals surface area contributed by atoms with Gasteiger partial charge in [0.05, 0.1) is 11.0 Å². The SMILES string of the molecule is OC(c1ccccc1)n1ccc2ncccc21. The topological polar surface area (TPSA) is 38.0 Å². The highest BCUT2D eigenvalue weighted by molar-refractivity contribution is 5.75. The van der Waals surface area contributed by atoms with Crippen LogP contribution in [-0.4, -0.2) is 14.7 Å². The van der Waals surface area contributed by atoms with E-state index in [1.54, 1.807) is 6.20 Å². The van der Waals surface area contributed by atoms with Gasteiger partial charge in [0.1, 0.15) is 0 Å². The molecule has 0 aliphatic rings.